The number of aliphatic hydroxyl groups excluding tert-OH is 1. The number of thiazole rings is 1. The van der Waals surface area contributed by atoms with E-state index in [1.54, 1.807) is 11.3 Å². The molecule has 1 aliphatic carbocycles. The van der Waals surface area contributed by atoms with Crippen molar-refractivity contribution in [1.82, 2.24) is 4.98 Å². The Morgan fingerprint density at radius 2 is 2.19 bits per heavy atom. The molecule has 0 aromatic carbocycles. The van der Waals surface area contributed by atoms with Gasteiger partial charge in [0.05, 0.1) is 17.3 Å². The lowest BCUT2D eigenvalue weighted by Gasteiger charge is -2.19. The second-order valence-corrected chi connectivity index (χ2v) is 5.79. The van der Waals surface area contributed by atoms with Crippen LogP contribution in [0.2, 0.25) is 0 Å². The summed E-state index contributed by atoms with van der Waals surface area (Å²) in [4.78, 5) is 4.74. The van der Waals surface area contributed by atoms with Crippen LogP contribution in [-0.4, -0.2) is 29.9 Å². The number of rotatable bonds is 3. The highest BCUT2D eigenvalue weighted by Gasteiger charge is 2.45. The van der Waals surface area contributed by atoms with Gasteiger partial charge in [0.15, 0.2) is 0 Å². The minimum absolute atomic E-state index is 0.0277. The third kappa shape index (κ3) is 1.79. The third-order valence-corrected chi connectivity index (χ3v) is 4.80. The van der Waals surface area contributed by atoms with Gasteiger partial charge in [-0.3, -0.25) is 0 Å². The second-order valence-electron chi connectivity index (χ2n) is 4.90. The van der Waals surface area contributed by atoms with Gasteiger partial charge >= 0.3 is 0 Å². The van der Waals surface area contributed by atoms with Crippen LogP contribution in [0.25, 0.3) is 0 Å². The van der Waals surface area contributed by atoms with Crippen molar-refractivity contribution in [2.24, 2.45) is 0 Å². The summed E-state index contributed by atoms with van der Waals surface area (Å²) in [5, 5.41) is 12.8. The van der Waals surface area contributed by atoms with Crippen molar-refractivity contribution >= 4 is 11.3 Å². The molecule has 0 unspecified atom stereocenters. The number of ether oxygens (including phenoxy) is 1. The Kier molecular flexibility index (Phi) is 2.73. The van der Waals surface area contributed by atoms with Gasteiger partial charge in [-0.2, -0.15) is 0 Å². The highest BCUT2D eigenvalue weighted by molar-refractivity contribution is 7.09. The van der Waals surface area contributed by atoms with Crippen molar-refractivity contribution in [2.75, 3.05) is 19.8 Å². The molecule has 0 bridgehead atoms. The van der Waals surface area contributed by atoms with Gasteiger partial charge in [-0.15, -0.1) is 11.3 Å². The van der Waals surface area contributed by atoms with Gasteiger partial charge in [0, 0.05) is 29.9 Å². The Labute approximate surface area is 99.5 Å². The van der Waals surface area contributed by atoms with E-state index in [2.05, 4.69) is 5.38 Å². The second kappa shape index (κ2) is 4.09. The molecule has 1 aromatic rings. The monoisotopic (exact) mass is 239 g/mol. The zero-order valence-electron chi connectivity index (χ0n) is 9.32. The van der Waals surface area contributed by atoms with E-state index in [1.807, 2.05) is 0 Å². The van der Waals surface area contributed by atoms with Crippen LogP contribution >= 0.6 is 11.3 Å². The summed E-state index contributed by atoms with van der Waals surface area (Å²) in [5.41, 5.74) is 1.15. The number of aromatic nitrogens is 1. The lowest BCUT2D eigenvalue weighted by Crippen LogP contribution is -2.15. The summed E-state index contributed by atoms with van der Waals surface area (Å²) < 4.78 is 5.37. The van der Waals surface area contributed by atoms with Crippen molar-refractivity contribution < 1.29 is 9.84 Å². The maximum atomic E-state index is 9.37. The van der Waals surface area contributed by atoms with E-state index < -0.39 is 0 Å². The van der Waals surface area contributed by atoms with Crippen molar-refractivity contribution in [2.45, 2.75) is 37.0 Å². The minimum atomic E-state index is 0.0277. The predicted molar refractivity (Wildman–Crippen MR) is 62.9 cm³/mol. The fourth-order valence-corrected chi connectivity index (χ4v) is 3.42. The zero-order chi connectivity index (χ0) is 11.0. The molecule has 1 aromatic heterocycles. The maximum Gasteiger partial charge on any atom is 0.0961 e. The molecule has 1 saturated carbocycles. The Bertz CT molecular complexity index is 367. The van der Waals surface area contributed by atoms with E-state index in [9.17, 15) is 5.11 Å². The highest BCUT2D eigenvalue weighted by atomic mass is 32.1. The average molecular weight is 239 g/mol. The summed E-state index contributed by atoms with van der Waals surface area (Å²) in [6, 6.07) is 0. The molecule has 0 atom stereocenters. The van der Waals surface area contributed by atoms with Crippen LogP contribution in [0, 0.1) is 0 Å². The number of hydrogen-bond donors (Lipinski definition) is 1. The van der Waals surface area contributed by atoms with E-state index >= 15 is 0 Å². The fourth-order valence-electron chi connectivity index (χ4n) is 2.31. The molecule has 3 rings (SSSR count). The van der Waals surface area contributed by atoms with Crippen molar-refractivity contribution in [3.05, 3.63) is 16.1 Å². The Balaban J connectivity index is 1.77. The first kappa shape index (κ1) is 10.7. The van der Waals surface area contributed by atoms with Crippen molar-refractivity contribution in [3.8, 4) is 0 Å². The molecule has 0 amide bonds. The maximum absolute atomic E-state index is 9.37. The summed E-state index contributed by atoms with van der Waals surface area (Å²) in [6.45, 7) is 1.99. The normalized spacial score (nSPS) is 24.6. The molecule has 3 nitrogen and oxygen atoms in total. The van der Waals surface area contributed by atoms with Crippen molar-refractivity contribution in [1.29, 1.82) is 0 Å². The third-order valence-electron chi connectivity index (χ3n) is 3.79. The Morgan fingerprint density at radius 3 is 2.81 bits per heavy atom. The average Bonchev–Trinajstić information content (AvgIpc) is 3.00. The van der Waals surface area contributed by atoms with E-state index in [0.29, 0.717) is 5.92 Å². The summed E-state index contributed by atoms with van der Waals surface area (Å²) >= 11 is 1.76. The topological polar surface area (TPSA) is 42.4 Å². The Morgan fingerprint density at radius 1 is 1.44 bits per heavy atom. The zero-order valence-corrected chi connectivity index (χ0v) is 10.1. The van der Waals surface area contributed by atoms with E-state index in [-0.39, 0.29) is 12.0 Å². The quantitative estimate of drug-likeness (QED) is 0.878. The SMILES string of the molecule is OCC1(c2csc(C3CCOCC3)n2)CC1. The number of nitrogens with zero attached hydrogens (tertiary/aromatic N) is 1. The lowest BCUT2D eigenvalue weighted by atomic mass is 10.0. The van der Waals surface area contributed by atoms with Crippen molar-refractivity contribution in [3.63, 3.8) is 0 Å². The molecular weight excluding hydrogens is 222 g/mol. The van der Waals surface area contributed by atoms with Crippen LogP contribution in [-0.2, 0) is 10.2 Å². The minimum Gasteiger partial charge on any atom is -0.395 e. The molecule has 2 aliphatic rings. The molecule has 2 heterocycles. The van der Waals surface area contributed by atoms with Gasteiger partial charge in [-0.25, -0.2) is 4.98 Å². The van der Waals surface area contributed by atoms with Gasteiger partial charge in [0.2, 0.25) is 0 Å². The molecule has 0 radical (unpaired) electrons. The van der Waals surface area contributed by atoms with Crippen LogP contribution in [0.1, 0.15) is 42.3 Å². The standard InChI is InChI=1S/C12H17NO2S/c14-8-12(3-4-12)10-7-16-11(13-10)9-1-5-15-6-2-9/h7,9,14H,1-6,8H2. The van der Waals surface area contributed by atoms with Gasteiger partial charge in [0.1, 0.15) is 0 Å². The molecule has 2 fully saturated rings. The van der Waals surface area contributed by atoms with Gasteiger partial charge in [-0.05, 0) is 25.7 Å². The van der Waals surface area contributed by atoms with Crippen LogP contribution in [0.15, 0.2) is 5.38 Å². The molecule has 4 heteroatoms. The highest BCUT2D eigenvalue weighted by Crippen LogP contribution is 2.48. The van der Waals surface area contributed by atoms with Crippen LogP contribution < -0.4 is 0 Å². The first-order valence-corrected chi connectivity index (χ1v) is 6.86. The summed E-state index contributed by atoms with van der Waals surface area (Å²) in [5.74, 6) is 0.585. The fraction of sp³-hybridized carbons (Fsp3) is 0.750. The summed E-state index contributed by atoms with van der Waals surface area (Å²) in [7, 11) is 0. The lowest BCUT2D eigenvalue weighted by molar-refractivity contribution is 0.0852. The molecule has 16 heavy (non-hydrogen) atoms. The molecule has 88 valence electrons. The van der Waals surface area contributed by atoms with Gasteiger partial charge < -0.3 is 9.84 Å². The van der Waals surface area contributed by atoms with Crippen LogP contribution in [0.3, 0.4) is 0 Å². The number of hydrogen-bond acceptors (Lipinski definition) is 4. The smallest absolute Gasteiger partial charge is 0.0961 e. The molecular formula is C12H17NO2S. The first-order valence-electron chi connectivity index (χ1n) is 5.99. The van der Waals surface area contributed by atoms with Gasteiger partial charge in [-0.1, -0.05) is 0 Å². The van der Waals surface area contributed by atoms with E-state index in [4.69, 9.17) is 9.72 Å². The molecule has 1 aliphatic heterocycles. The van der Waals surface area contributed by atoms with Gasteiger partial charge in [0.25, 0.3) is 0 Å². The Hall–Kier alpha value is -0.450. The van der Waals surface area contributed by atoms with E-state index in [0.717, 1.165) is 44.6 Å². The summed E-state index contributed by atoms with van der Waals surface area (Å²) in [6.07, 6.45) is 4.39. The molecule has 1 saturated heterocycles. The molecule has 0 spiro atoms. The predicted octanol–water partition coefficient (Wildman–Crippen LogP) is 2.06. The number of aliphatic hydroxyl groups is 1. The molecule has 1 N–H and O–H groups in total. The first-order chi connectivity index (χ1) is 7.84. The largest absolute Gasteiger partial charge is 0.395 e. The van der Waals surface area contributed by atoms with E-state index in [1.165, 1.54) is 5.01 Å². The van der Waals surface area contributed by atoms with Crippen LogP contribution in [0.5, 0.6) is 0 Å². The van der Waals surface area contributed by atoms with Crippen LogP contribution in [0.4, 0.5) is 0 Å².